The van der Waals surface area contributed by atoms with Crippen molar-refractivity contribution < 1.29 is 0 Å². The quantitative estimate of drug-likeness (QED) is 0.107. The van der Waals surface area contributed by atoms with Gasteiger partial charge in [-0.15, -0.1) is 0 Å². The summed E-state index contributed by atoms with van der Waals surface area (Å²) in [6.07, 6.45) is 0. The second kappa shape index (κ2) is 28.5. The Morgan fingerprint density at radius 1 is 0.0926 bits per heavy atom. The number of fused-ring (bicyclic) bond motifs is 6. The highest BCUT2D eigenvalue weighted by Crippen LogP contribution is 2.54. The average molecular weight is 1370 g/mol. The molecule has 0 spiro atoms. The van der Waals surface area contributed by atoms with Gasteiger partial charge in [0.15, 0.2) is 0 Å². The van der Waals surface area contributed by atoms with Crippen LogP contribution in [0.2, 0.25) is 0 Å². The summed E-state index contributed by atoms with van der Waals surface area (Å²) in [5.41, 5.74) is 29.4. The Balaban J connectivity index is 0.000000162. The highest BCUT2D eigenvalue weighted by molar-refractivity contribution is 6.34. The fourth-order valence-corrected chi connectivity index (χ4v) is 16.6. The highest BCUT2D eigenvalue weighted by atomic mass is 14.3. The van der Waals surface area contributed by atoms with E-state index in [0.717, 1.165) is 0 Å². The van der Waals surface area contributed by atoms with Crippen molar-refractivity contribution in [3.8, 4) is 134 Å². The Labute approximate surface area is 630 Å². The molecule has 0 nitrogen and oxygen atoms in total. The minimum absolute atomic E-state index is 1.19. The van der Waals surface area contributed by atoms with Gasteiger partial charge in [-0.25, -0.2) is 0 Å². The lowest BCUT2D eigenvalue weighted by Gasteiger charge is -2.25. The molecule has 0 radical (unpaired) electrons. The van der Waals surface area contributed by atoms with E-state index >= 15 is 0 Å². The number of rotatable bonds is 12. The van der Waals surface area contributed by atoms with E-state index in [1.54, 1.807) is 0 Å². The predicted molar refractivity (Wildman–Crippen MR) is 463 cm³/mol. The summed E-state index contributed by atoms with van der Waals surface area (Å²) in [6, 6.07) is 160. The van der Waals surface area contributed by atoms with E-state index in [2.05, 4.69) is 437 Å². The van der Waals surface area contributed by atoms with Crippen LogP contribution in [0.1, 0.15) is 0 Å². The fraction of sp³-hybridized carbons (Fsp3) is 0. The van der Waals surface area contributed by atoms with Crippen LogP contribution in [0, 0.1) is 0 Å². The van der Waals surface area contributed by atoms with Crippen molar-refractivity contribution in [1.82, 2.24) is 0 Å². The molecule has 20 rings (SSSR count). The SMILES string of the molecule is c1ccc(-c2ccc(-c3c4ccccc4c(-c4ccc(-c5ccccc5)cc4)c4cc5ccccc5cc34)cc2)cc1.c1ccc(-c2ccc(-c3ccc(-c4c5ccccc5c(-c5ccc(-c6ccc(-c7ccccc7)cc6)cc5)c5c(-c6ccccc6)c6ccccc6c(-c6ccccc6)c45)cc3)cc2)cc1. The Bertz CT molecular complexity index is 6230. The van der Waals surface area contributed by atoms with Gasteiger partial charge in [-0.05, 0) is 210 Å². The molecule has 0 aliphatic carbocycles. The van der Waals surface area contributed by atoms with E-state index < -0.39 is 0 Å². The minimum Gasteiger partial charge on any atom is -0.0622 e. The molecule has 0 saturated carbocycles. The lowest BCUT2D eigenvalue weighted by atomic mass is 9.77. The number of benzene rings is 20. The molecule has 0 N–H and O–H groups in total. The molecule has 0 aromatic heterocycles. The second-order valence-corrected chi connectivity index (χ2v) is 28.0. The van der Waals surface area contributed by atoms with E-state index in [0.29, 0.717) is 0 Å². The molecule has 20 aromatic carbocycles. The van der Waals surface area contributed by atoms with Gasteiger partial charge in [-0.1, -0.05) is 425 Å². The molecule has 0 atom stereocenters. The van der Waals surface area contributed by atoms with E-state index in [9.17, 15) is 0 Å². The maximum atomic E-state index is 2.39. The minimum atomic E-state index is 1.19. The molecule has 0 fully saturated rings. The maximum Gasteiger partial charge on any atom is -0.000139 e. The first-order chi connectivity index (χ1) is 53.6. The van der Waals surface area contributed by atoms with Crippen LogP contribution in [-0.4, -0.2) is 0 Å². The van der Waals surface area contributed by atoms with E-state index in [1.165, 1.54) is 198 Å². The van der Waals surface area contributed by atoms with Crippen molar-refractivity contribution in [2.45, 2.75) is 0 Å². The topological polar surface area (TPSA) is 0 Å². The molecule has 108 heavy (non-hydrogen) atoms. The van der Waals surface area contributed by atoms with Gasteiger partial charge in [0, 0.05) is 0 Å². The number of hydrogen-bond acceptors (Lipinski definition) is 0. The van der Waals surface area contributed by atoms with Crippen molar-refractivity contribution in [3.63, 3.8) is 0 Å². The molecule has 0 aliphatic rings. The second-order valence-electron chi connectivity index (χ2n) is 28.0. The lowest BCUT2D eigenvalue weighted by Crippen LogP contribution is -1.97. The van der Waals surface area contributed by atoms with Gasteiger partial charge in [0.25, 0.3) is 0 Å². The van der Waals surface area contributed by atoms with Gasteiger partial charge in [0.2, 0.25) is 0 Å². The summed E-state index contributed by atoms with van der Waals surface area (Å²) in [6.45, 7) is 0. The van der Waals surface area contributed by atoms with Gasteiger partial charge >= 0.3 is 0 Å². The summed E-state index contributed by atoms with van der Waals surface area (Å²) < 4.78 is 0. The summed E-state index contributed by atoms with van der Waals surface area (Å²) in [4.78, 5) is 0. The fourth-order valence-electron chi connectivity index (χ4n) is 16.6. The summed E-state index contributed by atoms with van der Waals surface area (Å²) >= 11 is 0. The smallest absolute Gasteiger partial charge is 0.000139 e. The third-order valence-corrected chi connectivity index (χ3v) is 21.8. The van der Waals surface area contributed by atoms with Crippen molar-refractivity contribution in [2.75, 3.05) is 0 Å². The largest absolute Gasteiger partial charge is 0.0622 e. The van der Waals surface area contributed by atoms with Gasteiger partial charge in [0.05, 0.1) is 0 Å². The van der Waals surface area contributed by atoms with Gasteiger partial charge in [-0.3, -0.25) is 0 Å². The molecule has 0 unspecified atom stereocenters. The average Bonchev–Trinajstić information content (AvgIpc) is 0.700. The predicted octanol–water partition coefficient (Wildman–Crippen LogP) is 30.3. The first kappa shape index (κ1) is 64.8. The zero-order chi connectivity index (χ0) is 71.7. The van der Waals surface area contributed by atoms with Crippen LogP contribution in [0.15, 0.2) is 437 Å². The van der Waals surface area contributed by atoms with E-state index in [1.807, 2.05) is 0 Å². The Hall–Kier alpha value is -14.0. The third-order valence-electron chi connectivity index (χ3n) is 21.8. The molecule has 0 saturated heterocycles. The van der Waals surface area contributed by atoms with Crippen LogP contribution in [-0.2, 0) is 0 Å². The molecule has 20 aromatic rings. The molecule has 0 heteroatoms. The lowest BCUT2D eigenvalue weighted by molar-refractivity contribution is 1.58. The molecular weight excluding hydrogens is 1300 g/mol. The Morgan fingerprint density at radius 3 is 0.444 bits per heavy atom. The summed E-state index contributed by atoms with van der Waals surface area (Å²) in [7, 11) is 0. The van der Waals surface area contributed by atoms with Crippen LogP contribution < -0.4 is 0 Å². The van der Waals surface area contributed by atoms with Gasteiger partial charge in [-0.2, -0.15) is 0 Å². The number of hydrogen-bond donors (Lipinski definition) is 0. The molecule has 0 heterocycles. The molecule has 504 valence electrons. The van der Waals surface area contributed by atoms with Crippen LogP contribution in [0.25, 0.3) is 198 Å². The van der Waals surface area contributed by atoms with Crippen molar-refractivity contribution in [3.05, 3.63) is 437 Å². The van der Waals surface area contributed by atoms with Crippen molar-refractivity contribution >= 4 is 64.6 Å². The van der Waals surface area contributed by atoms with E-state index in [-0.39, 0.29) is 0 Å². The van der Waals surface area contributed by atoms with Gasteiger partial charge in [0.1, 0.15) is 0 Å². The maximum absolute atomic E-state index is 2.39. The normalized spacial score (nSPS) is 11.3. The third kappa shape index (κ3) is 12.2. The molecule has 0 bridgehead atoms. The van der Waals surface area contributed by atoms with Crippen LogP contribution >= 0.6 is 0 Å². The standard InChI is InChI=1S/C66H44.C42H28/c1-5-17-45(18-6-1)47-29-33-49(34-30-47)51-37-41-55(42-38-51)63-59-27-15-16-28-60(59)64(56-43-39-52(40-44-56)50-35-31-48(32-36-50)46-19-7-2-8-20-46)66-62(54-23-11-4-12-24-54)58-26-14-13-25-57(58)61(65(63)66)53-21-9-3-10-22-53;1-3-11-29(12-4-1)31-19-23-33(24-20-31)41-37-17-9-10-18-38(37)42(40-28-36-16-8-7-15-35(36)27-39(40)41)34-25-21-32(22-26-34)30-13-5-2-6-14-30/h1-44H;1-28H. The van der Waals surface area contributed by atoms with Crippen LogP contribution in [0.4, 0.5) is 0 Å². The highest BCUT2D eigenvalue weighted by Gasteiger charge is 2.27. The summed E-state index contributed by atoms with van der Waals surface area (Å²) in [5.74, 6) is 0. The van der Waals surface area contributed by atoms with E-state index in [4.69, 9.17) is 0 Å². The Kier molecular flexibility index (Phi) is 17.1. The first-order valence-electron chi connectivity index (χ1n) is 37.4. The Morgan fingerprint density at radius 2 is 0.231 bits per heavy atom. The zero-order valence-corrected chi connectivity index (χ0v) is 59.6. The molecular formula is C108H72. The van der Waals surface area contributed by atoms with Crippen molar-refractivity contribution in [2.24, 2.45) is 0 Å². The monoisotopic (exact) mass is 1370 g/mol. The van der Waals surface area contributed by atoms with Crippen LogP contribution in [0.3, 0.4) is 0 Å². The molecule has 0 amide bonds. The molecule has 0 aliphatic heterocycles. The van der Waals surface area contributed by atoms with Crippen LogP contribution in [0.5, 0.6) is 0 Å². The van der Waals surface area contributed by atoms with Crippen molar-refractivity contribution in [1.29, 1.82) is 0 Å². The first-order valence-corrected chi connectivity index (χ1v) is 37.4. The van der Waals surface area contributed by atoms with Gasteiger partial charge < -0.3 is 0 Å². The summed E-state index contributed by atoms with van der Waals surface area (Å²) in [5, 5.41) is 15.1. The zero-order valence-electron chi connectivity index (χ0n) is 59.6.